The molecule has 3 rings (SSSR count). The number of furan rings is 1. The molecule has 0 unspecified atom stereocenters. The van der Waals surface area contributed by atoms with Gasteiger partial charge in [-0.05, 0) is 25.1 Å². The molecule has 0 atom stereocenters. The number of rotatable bonds is 4. The molecule has 1 aliphatic rings. The van der Waals surface area contributed by atoms with Gasteiger partial charge in [0.1, 0.15) is 5.75 Å². The first-order chi connectivity index (χ1) is 12.6. The standard InChI is InChI=1S/C18H19ClN2O5/c1-2-24-18(23)21-11-9-20(10-12-21)17(22)15-7-8-16(26-15)25-14-6-4-3-5-13(14)19/h3-8H,2,9-12H2,1H3. The van der Waals surface area contributed by atoms with E-state index in [2.05, 4.69) is 0 Å². The van der Waals surface area contributed by atoms with Gasteiger partial charge in [-0.15, -0.1) is 0 Å². The molecule has 1 saturated heterocycles. The second-order valence-electron chi connectivity index (χ2n) is 5.63. The summed E-state index contributed by atoms with van der Waals surface area (Å²) in [6.07, 6.45) is -0.354. The molecule has 0 spiro atoms. The molecular formula is C18H19ClN2O5. The molecular weight excluding hydrogens is 360 g/mol. The van der Waals surface area contributed by atoms with Gasteiger partial charge >= 0.3 is 6.09 Å². The fourth-order valence-electron chi connectivity index (χ4n) is 2.59. The van der Waals surface area contributed by atoms with Crippen molar-refractivity contribution >= 4 is 23.6 Å². The van der Waals surface area contributed by atoms with Gasteiger partial charge in [-0.2, -0.15) is 0 Å². The van der Waals surface area contributed by atoms with Crippen LogP contribution in [-0.2, 0) is 4.74 Å². The number of benzene rings is 1. The van der Waals surface area contributed by atoms with E-state index in [0.717, 1.165) is 0 Å². The van der Waals surface area contributed by atoms with Crippen LogP contribution in [-0.4, -0.2) is 54.6 Å². The van der Waals surface area contributed by atoms with Crippen molar-refractivity contribution < 1.29 is 23.5 Å². The van der Waals surface area contributed by atoms with E-state index in [9.17, 15) is 9.59 Å². The Labute approximate surface area is 156 Å². The summed E-state index contributed by atoms with van der Waals surface area (Å²) in [5.74, 6) is 0.566. The molecule has 1 aromatic heterocycles. The summed E-state index contributed by atoms with van der Waals surface area (Å²) in [6.45, 7) is 3.77. The maximum atomic E-state index is 12.6. The van der Waals surface area contributed by atoms with E-state index in [-0.39, 0.29) is 23.7 Å². The highest BCUT2D eigenvalue weighted by atomic mass is 35.5. The quantitative estimate of drug-likeness (QED) is 0.812. The topological polar surface area (TPSA) is 72.2 Å². The lowest BCUT2D eigenvalue weighted by Gasteiger charge is -2.33. The molecule has 8 heteroatoms. The van der Waals surface area contributed by atoms with Crippen LogP contribution in [0.4, 0.5) is 4.79 Å². The van der Waals surface area contributed by atoms with E-state index >= 15 is 0 Å². The third-order valence-corrected chi connectivity index (χ3v) is 4.24. The van der Waals surface area contributed by atoms with Crippen LogP contribution in [0.2, 0.25) is 5.02 Å². The van der Waals surface area contributed by atoms with E-state index in [1.807, 2.05) is 0 Å². The lowest BCUT2D eigenvalue weighted by Crippen LogP contribution is -2.50. The normalized spacial score (nSPS) is 14.2. The molecule has 0 aliphatic carbocycles. The van der Waals surface area contributed by atoms with Crippen LogP contribution >= 0.6 is 11.6 Å². The SMILES string of the molecule is CCOC(=O)N1CCN(C(=O)c2ccc(Oc3ccccc3Cl)o2)CC1. The van der Waals surface area contributed by atoms with Crippen LogP contribution in [0.15, 0.2) is 40.8 Å². The molecule has 2 amide bonds. The van der Waals surface area contributed by atoms with E-state index in [1.165, 1.54) is 0 Å². The minimum atomic E-state index is -0.354. The number of hydrogen-bond donors (Lipinski definition) is 0. The smallest absolute Gasteiger partial charge is 0.409 e. The minimum Gasteiger partial charge on any atom is -0.450 e. The zero-order valence-corrected chi connectivity index (χ0v) is 15.1. The fraction of sp³-hybridized carbons (Fsp3) is 0.333. The minimum absolute atomic E-state index is 0.177. The Morgan fingerprint density at radius 3 is 2.46 bits per heavy atom. The van der Waals surface area contributed by atoms with E-state index < -0.39 is 0 Å². The second-order valence-corrected chi connectivity index (χ2v) is 6.04. The van der Waals surface area contributed by atoms with Gasteiger partial charge in [0.15, 0.2) is 5.76 Å². The Bertz CT molecular complexity index is 783. The number of nitrogens with zero attached hydrogens (tertiary/aromatic N) is 2. The highest BCUT2D eigenvalue weighted by molar-refractivity contribution is 6.32. The molecule has 0 radical (unpaired) electrons. The van der Waals surface area contributed by atoms with Crippen molar-refractivity contribution in [3.05, 3.63) is 47.2 Å². The van der Waals surface area contributed by atoms with Crippen molar-refractivity contribution in [2.75, 3.05) is 32.8 Å². The molecule has 138 valence electrons. The van der Waals surface area contributed by atoms with Crippen LogP contribution in [0.3, 0.4) is 0 Å². The van der Waals surface area contributed by atoms with Crippen LogP contribution < -0.4 is 4.74 Å². The Kier molecular flexibility index (Phi) is 5.68. The zero-order chi connectivity index (χ0) is 18.5. The molecule has 0 saturated carbocycles. The first-order valence-electron chi connectivity index (χ1n) is 8.31. The number of halogens is 1. The van der Waals surface area contributed by atoms with Gasteiger partial charge in [0.25, 0.3) is 11.9 Å². The van der Waals surface area contributed by atoms with Gasteiger partial charge in [-0.3, -0.25) is 4.79 Å². The highest BCUT2D eigenvalue weighted by Crippen LogP contribution is 2.30. The maximum Gasteiger partial charge on any atom is 0.409 e. The largest absolute Gasteiger partial charge is 0.450 e. The molecule has 7 nitrogen and oxygen atoms in total. The number of piperazine rings is 1. The third kappa shape index (κ3) is 4.11. The first kappa shape index (κ1) is 18.1. The number of carbonyl (C=O) groups excluding carboxylic acids is 2. The van der Waals surface area contributed by atoms with Gasteiger partial charge < -0.3 is 23.7 Å². The van der Waals surface area contributed by atoms with Gasteiger partial charge in [0, 0.05) is 32.2 Å². The summed E-state index contributed by atoms with van der Waals surface area (Å²) in [4.78, 5) is 27.5. The summed E-state index contributed by atoms with van der Waals surface area (Å²) in [5, 5.41) is 0.451. The van der Waals surface area contributed by atoms with Crippen molar-refractivity contribution in [2.24, 2.45) is 0 Å². The molecule has 26 heavy (non-hydrogen) atoms. The second kappa shape index (κ2) is 8.14. The first-order valence-corrected chi connectivity index (χ1v) is 8.69. The average Bonchev–Trinajstić information content (AvgIpc) is 3.12. The molecule has 0 N–H and O–H groups in total. The summed E-state index contributed by atoms with van der Waals surface area (Å²) >= 11 is 6.04. The van der Waals surface area contributed by atoms with Crippen molar-refractivity contribution in [1.29, 1.82) is 0 Å². The van der Waals surface area contributed by atoms with Gasteiger partial charge in [0.05, 0.1) is 11.6 Å². The maximum absolute atomic E-state index is 12.6. The molecule has 1 aliphatic heterocycles. The molecule has 2 aromatic rings. The van der Waals surface area contributed by atoms with Crippen LogP contribution in [0.1, 0.15) is 17.5 Å². The van der Waals surface area contributed by atoms with Crippen LogP contribution in [0.5, 0.6) is 11.7 Å². The van der Waals surface area contributed by atoms with E-state index in [0.29, 0.717) is 43.6 Å². The predicted octanol–water partition coefficient (Wildman–Crippen LogP) is 3.64. The Morgan fingerprint density at radius 1 is 1.08 bits per heavy atom. The fourth-order valence-corrected chi connectivity index (χ4v) is 2.76. The number of ether oxygens (including phenoxy) is 2. The summed E-state index contributed by atoms with van der Waals surface area (Å²) in [5.41, 5.74) is 0. The highest BCUT2D eigenvalue weighted by Gasteiger charge is 2.27. The average molecular weight is 379 g/mol. The number of carbonyl (C=O) groups is 2. The molecule has 1 fully saturated rings. The monoisotopic (exact) mass is 378 g/mol. The van der Waals surface area contributed by atoms with E-state index in [1.54, 1.807) is 53.1 Å². The van der Waals surface area contributed by atoms with Crippen LogP contribution in [0, 0.1) is 0 Å². The number of para-hydroxylation sites is 1. The Balaban J connectivity index is 1.59. The van der Waals surface area contributed by atoms with Crippen LogP contribution in [0.25, 0.3) is 0 Å². The third-order valence-electron chi connectivity index (χ3n) is 3.93. The molecule has 1 aromatic carbocycles. The van der Waals surface area contributed by atoms with Gasteiger partial charge in [0.2, 0.25) is 0 Å². The Hall–Kier alpha value is -2.67. The number of hydrogen-bond acceptors (Lipinski definition) is 5. The Morgan fingerprint density at radius 2 is 1.77 bits per heavy atom. The van der Waals surface area contributed by atoms with Gasteiger partial charge in [-0.25, -0.2) is 4.79 Å². The molecule has 2 heterocycles. The lowest BCUT2D eigenvalue weighted by molar-refractivity contribution is 0.0543. The summed E-state index contributed by atoms with van der Waals surface area (Å²) in [7, 11) is 0. The number of amides is 2. The summed E-state index contributed by atoms with van der Waals surface area (Å²) in [6, 6.07) is 10.1. The van der Waals surface area contributed by atoms with Crippen molar-refractivity contribution in [2.45, 2.75) is 6.92 Å². The van der Waals surface area contributed by atoms with Gasteiger partial charge in [-0.1, -0.05) is 23.7 Å². The summed E-state index contributed by atoms with van der Waals surface area (Å²) < 4.78 is 16.0. The van der Waals surface area contributed by atoms with Crippen molar-refractivity contribution in [3.8, 4) is 11.7 Å². The van der Waals surface area contributed by atoms with Crippen molar-refractivity contribution in [1.82, 2.24) is 9.80 Å². The van der Waals surface area contributed by atoms with E-state index in [4.69, 9.17) is 25.5 Å². The zero-order valence-electron chi connectivity index (χ0n) is 14.3. The predicted molar refractivity (Wildman–Crippen MR) is 94.7 cm³/mol. The van der Waals surface area contributed by atoms with Crippen molar-refractivity contribution in [3.63, 3.8) is 0 Å². The lowest BCUT2D eigenvalue weighted by atomic mass is 10.3. The molecule has 0 bridgehead atoms.